The molecule has 7 nitrogen and oxygen atoms in total. The molecule has 29 heavy (non-hydrogen) atoms. The highest BCUT2D eigenvalue weighted by molar-refractivity contribution is 7.90. The number of aromatic nitrogens is 3. The van der Waals surface area contributed by atoms with Crippen molar-refractivity contribution in [1.29, 1.82) is 0 Å². The standard InChI is InChI=1S/C20H21FN4O3S/c1-11(2)29(27,28)25-19-10-22-18(8-14(19)9-23-25)16-6-13(7-17(21)12(16)3)20(26)24-15-4-5-15/h6-11,15H,4-5H2,1-3H3,(H,24,26). The molecule has 0 unspecified atom stereocenters. The van der Waals surface area contributed by atoms with Crippen LogP contribution in [0.5, 0.6) is 0 Å². The van der Waals surface area contributed by atoms with E-state index in [9.17, 15) is 17.6 Å². The van der Waals surface area contributed by atoms with Crippen molar-refractivity contribution in [2.24, 2.45) is 0 Å². The lowest BCUT2D eigenvalue weighted by Crippen LogP contribution is -2.25. The van der Waals surface area contributed by atoms with Gasteiger partial charge in [-0.1, -0.05) is 0 Å². The number of amides is 1. The van der Waals surface area contributed by atoms with Gasteiger partial charge in [-0.2, -0.15) is 9.19 Å². The fourth-order valence-electron chi connectivity index (χ4n) is 3.03. The molecule has 0 radical (unpaired) electrons. The molecule has 2 heterocycles. The number of nitrogens with one attached hydrogen (secondary N) is 1. The predicted octanol–water partition coefficient (Wildman–Crippen LogP) is 3.02. The van der Waals surface area contributed by atoms with Crippen LogP contribution in [0.3, 0.4) is 0 Å². The van der Waals surface area contributed by atoms with E-state index in [-0.39, 0.29) is 17.5 Å². The second-order valence-electron chi connectivity index (χ2n) is 7.59. The fraction of sp³-hybridized carbons (Fsp3) is 0.350. The van der Waals surface area contributed by atoms with Crippen molar-refractivity contribution in [2.75, 3.05) is 0 Å². The summed E-state index contributed by atoms with van der Waals surface area (Å²) >= 11 is 0. The van der Waals surface area contributed by atoms with E-state index >= 15 is 0 Å². The third-order valence-corrected chi connectivity index (χ3v) is 7.02. The van der Waals surface area contributed by atoms with Crippen molar-refractivity contribution in [2.45, 2.75) is 44.9 Å². The fourth-order valence-corrected chi connectivity index (χ4v) is 4.03. The van der Waals surface area contributed by atoms with Gasteiger partial charge in [-0.3, -0.25) is 9.78 Å². The van der Waals surface area contributed by atoms with E-state index < -0.39 is 21.1 Å². The maximum atomic E-state index is 14.5. The summed E-state index contributed by atoms with van der Waals surface area (Å²) in [7, 11) is -3.62. The quantitative estimate of drug-likeness (QED) is 0.690. The Morgan fingerprint density at radius 2 is 1.97 bits per heavy atom. The molecule has 0 bridgehead atoms. The highest BCUT2D eigenvalue weighted by Crippen LogP contribution is 2.29. The first-order valence-electron chi connectivity index (χ1n) is 9.38. The highest BCUT2D eigenvalue weighted by atomic mass is 32.2. The monoisotopic (exact) mass is 416 g/mol. The van der Waals surface area contributed by atoms with Crippen LogP contribution in [0.1, 0.15) is 42.6 Å². The number of carbonyl (C=O) groups excluding carboxylic acids is 1. The molecule has 0 aliphatic heterocycles. The number of hydrogen-bond donors (Lipinski definition) is 1. The second-order valence-corrected chi connectivity index (χ2v) is 9.91. The number of halogens is 1. The van der Waals surface area contributed by atoms with Gasteiger partial charge in [-0.05, 0) is 57.4 Å². The minimum atomic E-state index is -3.62. The van der Waals surface area contributed by atoms with Crippen LogP contribution in [0.2, 0.25) is 0 Å². The third-order valence-electron chi connectivity index (χ3n) is 5.05. The van der Waals surface area contributed by atoms with Crippen LogP contribution in [0.25, 0.3) is 22.2 Å². The molecule has 0 saturated heterocycles. The highest BCUT2D eigenvalue weighted by Gasteiger charge is 2.25. The van der Waals surface area contributed by atoms with Crippen LogP contribution in [-0.4, -0.2) is 39.8 Å². The van der Waals surface area contributed by atoms with Crippen molar-refractivity contribution in [3.05, 3.63) is 47.5 Å². The Hall–Kier alpha value is -2.81. The first-order chi connectivity index (χ1) is 13.7. The molecule has 4 rings (SSSR count). The van der Waals surface area contributed by atoms with E-state index in [0.717, 1.165) is 16.9 Å². The molecule has 1 aromatic carbocycles. The summed E-state index contributed by atoms with van der Waals surface area (Å²) in [5.41, 5.74) is 1.86. The molecule has 9 heteroatoms. The van der Waals surface area contributed by atoms with Crippen LogP contribution in [-0.2, 0) is 10.0 Å². The lowest BCUT2D eigenvalue weighted by atomic mass is 10.00. The molecule has 1 aliphatic rings. The Labute approximate surface area is 168 Å². The summed E-state index contributed by atoms with van der Waals surface area (Å²) in [5.74, 6) is -0.812. The average molecular weight is 416 g/mol. The normalized spacial score (nSPS) is 14.5. The minimum Gasteiger partial charge on any atom is -0.349 e. The van der Waals surface area contributed by atoms with Crippen molar-refractivity contribution in [1.82, 2.24) is 19.5 Å². The van der Waals surface area contributed by atoms with Gasteiger partial charge in [0.25, 0.3) is 15.9 Å². The predicted molar refractivity (Wildman–Crippen MR) is 108 cm³/mol. The van der Waals surface area contributed by atoms with Crippen LogP contribution in [0.15, 0.2) is 30.6 Å². The molecule has 1 aliphatic carbocycles. The number of carbonyl (C=O) groups is 1. The topological polar surface area (TPSA) is 94.0 Å². The summed E-state index contributed by atoms with van der Waals surface area (Å²) in [6.07, 6.45) is 4.73. The van der Waals surface area contributed by atoms with Crippen molar-refractivity contribution >= 4 is 26.8 Å². The lowest BCUT2D eigenvalue weighted by molar-refractivity contribution is 0.0950. The third kappa shape index (κ3) is 3.50. The Kier molecular flexibility index (Phi) is 4.65. The molecule has 0 spiro atoms. The number of nitrogens with zero attached hydrogens (tertiary/aromatic N) is 3. The van der Waals surface area contributed by atoms with E-state index in [4.69, 9.17) is 0 Å². The number of rotatable bonds is 5. The van der Waals surface area contributed by atoms with Gasteiger partial charge in [0, 0.05) is 22.6 Å². The van der Waals surface area contributed by atoms with Gasteiger partial charge in [0.15, 0.2) is 0 Å². The zero-order chi connectivity index (χ0) is 20.9. The maximum Gasteiger partial charge on any atom is 0.256 e. The largest absolute Gasteiger partial charge is 0.349 e. The molecular formula is C20H21FN4O3S. The molecular weight excluding hydrogens is 395 g/mol. The van der Waals surface area contributed by atoms with Crippen molar-refractivity contribution in [3.8, 4) is 11.3 Å². The SMILES string of the molecule is Cc1c(F)cc(C(=O)NC2CC2)cc1-c1cc2cnn(S(=O)(=O)C(C)C)c2cn1. The number of benzene rings is 1. The smallest absolute Gasteiger partial charge is 0.256 e. The Morgan fingerprint density at radius 3 is 2.62 bits per heavy atom. The van der Waals surface area contributed by atoms with Gasteiger partial charge in [-0.15, -0.1) is 0 Å². The van der Waals surface area contributed by atoms with E-state index in [1.807, 2.05) is 0 Å². The van der Waals surface area contributed by atoms with Crippen LogP contribution >= 0.6 is 0 Å². The summed E-state index contributed by atoms with van der Waals surface area (Å²) in [4.78, 5) is 16.7. The Bertz CT molecular complexity index is 1230. The molecule has 1 amide bonds. The summed E-state index contributed by atoms with van der Waals surface area (Å²) in [6, 6.07) is 4.65. The molecule has 1 fully saturated rings. The van der Waals surface area contributed by atoms with Gasteiger partial charge in [0.2, 0.25) is 0 Å². The number of pyridine rings is 1. The van der Waals surface area contributed by atoms with Gasteiger partial charge >= 0.3 is 0 Å². The molecule has 152 valence electrons. The van der Waals surface area contributed by atoms with Crippen molar-refractivity contribution in [3.63, 3.8) is 0 Å². The molecule has 2 aromatic heterocycles. The summed E-state index contributed by atoms with van der Waals surface area (Å²) < 4.78 is 40.4. The molecule has 1 N–H and O–H groups in total. The molecule has 3 aromatic rings. The maximum absolute atomic E-state index is 14.5. The Balaban J connectivity index is 1.78. The van der Waals surface area contributed by atoms with Gasteiger partial charge < -0.3 is 5.32 Å². The summed E-state index contributed by atoms with van der Waals surface area (Å²) in [5, 5.41) is 6.77. The van der Waals surface area contributed by atoms with Crippen LogP contribution in [0.4, 0.5) is 4.39 Å². The second kappa shape index (κ2) is 6.91. The van der Waals surface area contributed by atoms with Gasteiger partial charge in [0.1, 0.15) is 11.3 Å². The van der Waals surface area contributed by atoms with Crippen LogP contribution < -0.4 is 5.32 Å². The Morgan fingerprint density at radius 1 is 1.24 bits per heavy atom. The van der Waals surface area contributed by atoms with Gasteiger partial charge in [0.05, 0.1) is 23.3 Å². The van der Waals surface area contributed by atoms with E-state index in [1.54, 1.807) is 32.9 Å². The average Bonchev–Trinajstić information content (AvgIpc) is 3.38. The van der Waals surface area contributed by atoms with Crippen molar-refractivity contribution < 1.29 is 17.6 Å². The first kappa shape index (κ1) is 19.5. The number of hydrogen-bond acceptors (Lipinski definition) is 5. The number of fused-ring (bicyclic) bond motifs is 1. The lowest BCUT2D eigenvalue weighted by Gasteiger charge is -2.11. The zero-order valence-corrected chi connectivity index (χ0v) is 17.1. The van der Waals surface area contributed by atoms with E-state index in [1.165, 1.54) is 18.5 Å². The summed E-state index contributed by atoms with van der Waals surface area (Å²) in [6.45, 7) is 4.77. The first-order valence-corrected chi connectivity index (χ1v) is 10.9. The minimum absolute atomic E-state index is 0.165. The van der Waals surface area contributed by atoms with E-state index in [0.29, 0.717) is 27.7 Å². The zero-order valence-electron chi connectivity index (χ0n) is 16.3. The molecule has 0 atom stereocenters. The molecule has 1 saturated carbocycles. The van der Waals surface area contributed by atoms with Gasteiger partial charge in [-0.25, -0.2) is 12.8 Å². The van der Waals surface area contributed by atoms with E-state index in [2.05, 4.69) is 15.4 Å². The van der Waals surface area contributed by atoms with Crippen LogP contribution in [0, 0.1) is 12.7 Å².